The first-order valence-corrected chi connectivity index (χ1v) is 9.53. The summed E-state index contributed by atoms with van der Waals surface area (Å²) < 4.78 is 17.0. The maximum absolute atomic E-state index is 14.7. The summed E-state index contributed by atoms with van der Waals surface area (Å²) in [6.45, 7) is 7.55. The van der Waals surface area contributed by atoms with Crippen molar-refractivity contribution < 1.29 is 4.39 Å². The van der Waals surface area contributed by atoms with Crippen molar-refractivity contribution in [2.45, 2.75) is 49.6 Å². The zero-order valence-electron chi connectivity index (χ0n) is 16.6. The number of fused-ring (bicyclic) bond motifs is 1. The van der Waals surface area contributed by atoms with Crippen molar-refractivity contribution in [3.8, 4) is 0 Å². The van der Waals surface area contributed by atoms with Gasteiger partial charge in [0, 0.05) is 19.5 Å². The van der Waals surface area contributed by atoms with Gasteiger partial charge in [0.25, 0.3) is 5.56 Å². The normalized spacial score (nSPS) is 12.0. The van der Waals surface area contributed by atoms with Crippen LogP contribution in [0.25, 0.3) is 11.0 Å². The van der Waals surface area contributed by atoms with Gasteiger partial charge in [-0.15, -0.1) is 0 Å². The maximum Gasteiger partial charge on any atom is 0.332 e. The highest BCUT2D eigenvalue weighted by atomic mass is 32.2. The second-order valence-corrected chi connectivity index (χ2v) is 8.38. The van der Waals surface area contributed by atoms with Gasteiger partial charge in [-0.05, 0) is 18.2 Å². The number of halogens is 1. The van der Waals surface area contributed by atoms with Crippen LogP contribution in [0.15, 0.2) is 26.0 Å². The molecular formula is C18H21FN6O2S. The Morgan fingerprint density at radius 1 is 1.07 bits per heavy atom. The first-order valence-electron chi connectivity index (χ1n) is 8.71. The number of hydrogen-bond donors (Lipinski definition) is 0. The first-order chi connectivity index (χ1) is 13.1. The molecule has 0 aliphatic rings. The third kappa shape index (κ3) is 3.32. The Morgan fingerprint density at radius 3 is 2.36 bits per heavy atom. The number of rotatable bonds is 3. The van der Waals surface area contributed by atoms with Crippen molar-refractivity contribution in [2.24, 2.45) is 14.1 Å². The summed E-state index contributed by atoms with van der Waals surface area (Å²) in [7, 11) is 2.93. The van der Waals surface area contributed by atoms with Crippen LogP contribution in [0.4, 0.5) is 4.39 Å². The Bertz CT molecular complexity index is 1200. The fraction of sp³-hybridized carbons (Fsp3) is 0.444. The molecule has 148 valence electrons. The third-order valence-corrected chi connectivity index (χ3v) is 5.26. The zero-order chi connectivity index (χ0) is 20.8. The predicted octanol–water partition coefficient (Wildman–Crippen LogP) is 1.97. The topological polar surface area (TPSA) is 95.6 Å². The molecule has 0 aliphatic heterocycles. The van der Waals surface area contributed by atoms with Crippen LogP contribution in [0.2, 0.25) is 0 Å². The minimum atomic E-state index is -0.541. The average Bonchev–Trinajstić information content (AvgIpc) is 2.65. The summed E-state index contributed by atoms with van der Waals surface area (Å²) in [4.78, 5) is 42.1. The van der Waals surface area contributed by atoms with E-state index in [1.165, 1.54) is 17.9 Å². The zero-order valence-corrected chi connectivity index (χ0v) is 17.4. The number of aryl methyl sites for hydroxylation is 2. The van der Waals surface area contributed by atoms with E-state index in [0.29, 0.717) is 12.2 Å². The van der Waals surface area contributed by atoms with E-state index in [0.717, 1.165) is 16.3 Å². The molecule has 0 saturated heterocycles. The number of aromatic nitrogens is 6. The van der Waals surface area contributed by atoms with Crippen LogP contribution in [0, 0.1) is 5.82 Å². The van der Waals surface area contributed by atoms with Crippen molar-refractivity contribution >= 4 is 22.8 Å². The van der Waals surface area contributed by atoms with E-state index in [1.807, 2.05) is 20.8 Å². The molecular weight excluding hydrogens is 383 g/mol. The molecule has 0 fully saturated rings. The average molecular weight is 404 g/mol. The Balaban J connectivity index is 2.38. The molecule has 0 spiro atoms. The van der Waals surface area contributed by atoms with E-state index >= 15 is 0 Å². The van der Waals surface area contributed by atoms with E-state index in [1.54, 1.807) is 14.0 Å². The fourth-order valence-corrected chi connectivity index (χ4v) is 3.54. The molecule has 3 rings (SSSR count). The molecule has 3 aromatic rings. The van der Waals surface area contributed by atoms with E-state index in [9.17, 15) is 14.0 Å². The standard InChI is InChI=1S/C18H21FN6O2S/c1-7-9-11(19)14(21-8-20-9)28-13-10-12(22-16(23-13)18(2,3)4)24(5)17(27)25(6)15(10)26/h8H,7H2,1-6H3. The number of hydrogen-bond acceptors (Lipinski definition) is 7. The van der Waals surface area contributed by atoms with Crippen LogP contribution in [-0.2, 0) is 25.9 Å². The van der Waals surface area contributed by atoms with Crippen LogP contribution in [0.1, 0.15) is 39.2 Å². The van der Waals surface area contributed by atoms with Gasteiger partial charge < -0.3 is 0 Å². The van der Waals surface area contributed by atoms with E-state index in [-0.39, 0.29) is 26.8 Å². The van der Waals surface area contributed by atoms with Gasteiger partial charge in [0.2, 0.25) is 0 Å². The molecule has 28 heavy (non-hydrogen) atoms. The predicted molar refractivity (Wildman–Crippen MR) is 104 cm³/mol. The first kappa shape index (κ1) is 20.1. The minimum Gasteiger partial charge on any atom is -0.280 e. The summed E-state index contributed by atoms with van der Waals surface area (Å²) in [6.07, 6.45) is 1.70. The molecule has 8 nitrogen and oxygen atoms in total. The Hall–Kier alpha value is -2.62. The molecule has 0 aliphatic carbocycles. The summed E-state index contributed by atoms with van der Waals surface area (Å²) in [5, 5.41) is 0.479. The van der Waals surface area contributed by atoms with E-state index < -0.39 is 22.5 Å². The van der Waals surface area contributed by atoms with Gasteiger partial charge in [-0.2, -0.15) is 0 Å². The smallest absolute Gasteiger partial charge is 0.280 e. The van der Waals surface area contributed by atoms with Gasteiger partial charge >= 0.3 is 5.69 Å². The summed E-state index contributed by atoms with van der Waals surface area (Å²) >= 11 is 0.935. The van der Waals surface area contributed by atoms with Gasteiger partial charge in [-0.1, -0.05) is 27.7 Å². The van der Waals surface area contributed by atoms with Gasteiger partial charge in [-0.25, -0.2) is 29.1 Å². The lowest BCUT2D eigenvalue weighted by atomic mass is 9.96. The highest BCUT2D eigenvalue weighted by Gasteiger charge is 2.25. The van der Waals surface area contributed by atoms with E-state index in [2.05, 4.69) is 19.9 Å². The van der Waals surface area contributed by atoms with Crippen LogP contribution in [0.3, 0.4) is 0 Å². The monoisotopic (exact) mass is 404 g/mol. The summed E-state index contributed by atoms with van der Waals surface area (Å²) in [5.74, 6) is -0.100. The lowest BCUT2D eigenvalue weighted by Crippen LogP contribution is -2.38. The molecule has 0 radical (unpaired) electrons. The molecule has 0 atom stereocenters. The Labute approximate surface area is 164 Å². The lowest BCUT2D eigenvalue weighted by Gasteiger charge is -2.19. The second kappa shape index (κ2) is 7.08. The van der Waals surface area contributed by atoms with Gasteiger partial charge in [0.1, 0.15) is 27.6 Å². The van der Waals surface area contributed by atoms with Crippen molar-refractivity contribution in [1.82, 2.24) is 29.1 Å². The lowest BCUT2D eigenvalue weighted by molar-refractivity contribution is 0.538. The highest BCUT2D eigenvalue weighted by Crippen LogP contribution is 2.32. The van der Waals surface area contributed by atoms with Gasteiger partial charge in [0.05, 0.1) is 5.69 Å². The maximum atomic E-state index is 14.7. The highest BCUT2D eigenvalue weighted by molar-refractivity contribution is 7.99. The van der Waals surface area contributed by atoms with Crippen LogP contribution in [-0.4, -0.2) is 29.1 Å². The Kier molecular flexibility index (Phi) is 5.09. The SMILES string of the molecule is CCc1ncnc(Sc2nc(C(C)(C)C)nc3c2c(=O)n(C)c(=O)n3C)c1F. The van der Waals surface area contributed by atoms with Crippen molar-refractivity contribution in [2.75, 3.05) is 0 Å². The molecule has 0 N–H and O–H groups in total. The molecule has 3 heterocycles. The van der Waals surface area contributed by atoms with Crippen LogP contribution < -0.4 is 11.2 Å². The fourth-order valence-electron chi connectivity index (χ4n) is 2.64. The largest absolute Gasteiger partial charge is 0.332 e. The van der Waals surface area contributed by atoms with Crippen molar-refractivity contribution in [1.29, 1.82) is 0 Å². The molecule has 0 amide bonds. The quantitative estimate of drug-likeness (QED) is 0.616. The van der Waals surface area contributed by atoms with Crippen molar-refractivity contribution in [3.05, 3.63) is 44.5 Å². The molecule has 3 aromatic heterocycles. The van der Waals surface area contributed by atoms with Crippen LogP contribution in [0.5, 0.6) is 0 Å². The third-order valence-electron chi connectivity index (χ3n) is 4.30. The minimum absolute atomic E-state index is 0.0719. The van der Waals surface area contributed by atoms with Crippen molar-refractivity contribution in [3.63, 3.8) is 0 Å². The molecule has 10 heteroatoms. The molecule has 0 saturated carbocycles. The van der Waals surface area contributed by atoms with E-state index in [4.69, 9.17) is 0 Å². The second-order valence-electron chi connectivity index (χ2n) is 7.40. The van der Waals surface area contributed by atoms with Gasteiger partial charge in [0.15, 0.2) is 11.5 Å². The molecule has 0 aromatic carbocycles. The molecule has 0 bridgehead atoms. The molecule has 0 unspecified atom stereocenters. The van der Waals surface area contributed by atoms with Gasteiger partial charge in [-0.3, -0.25) is 13.9 Å². The summed E-state index contributed by atoms with van der Waals surface area (Å²) in [6, 6.07) is 0. The number of nitrogens with zero attached hydrogens (tertiary/aromatic N) is 6. The Morgan fingerprint density at radius 2 is 1.75 bits per heavy atom. The van der Waals surface area contributed by atoms with Crippen LogP contribution >= 0.6 is 11.8 Å². The summed E-state index contributed by atoms with van der Waals surface area (Å²) in [5.41, 5.74) is -0.980.